The monoisotopic (exact) mass is 306 g/mol. The average Bonchev–Trinajstić information content (AvgIpc) is 3.01. The molecule has 0 radical (unpaired) electrons. The minimum atomic E-state index is -0.186. The lowest BCUT2D eigenvalue weighted by Crippen LogP contribution is -2.43. The molecule has 2 atom stereocenters. The lowest BCUT2D eigenvalue weighted by atomic mass is 9.93. The van der Waals surface area contributed by atoms with Crippen molar-refractivity contribution in [3.8, 4) is 0 Å². The molecule has 0 bridgehead atoms. The van der Waals surface area contributed by atoms with Crippen LogP contribution in [0.3, 0.4) is 0 Å². The fourth-order valence-electron chi connectivity index (χ4n) is 3.34. The highest BCUT2D eigenvalue weighted by molar-refractivity contribution is 5.78. The summed E-state index contributed by atoms with van der Waals surface area (Å²) >= 11 is 0. The van der Waals surface area contributed by atoms with Gasteiger partial charge in [-0.05, 0) is 49.4 Å². The van der Waals surface area contributed by atoms with Gasteiger partial charge in [0.1, 0.15) is 5.82 Å². The van der Waals surface area contributed by atoms with Crippen molar-refractivity contribution in [1.29, 1.82) is 0 Å². The largest absolute Gasteiger partial charge is 0.376 e. The number of nitrogens with zero attached hydrogens (tertiary/aromatic N) is 1. The molecule has 4 nitrogen and oxygen atoms in total. The molecule has 0 unspecified atom stereocenters. The van der Waals surface area contributed by atoms with Crippen molar-refractivity contribution in [2.24, 2.45) is 0 Å². The fraction of sp³-hybridized carbons (Fsp3) is 0.588. The van der Waals surface area contributed by atoms with Crippen LogP contribution in [0.5, 0.6) is 0 Å². The first-order chi connectivity index (χ1) is 10.6. The van der Waals surface area contributed by atoms with E-state index in [0.717, 1.165) is 43.5 Å². The summed E-state index contributed by atoms with van der Waals surface area (Å²) in [6.07, 6.45) is 3.07. The number of fused-ring (bicyclic) bond motifs is 1. The van der Waals surface area contributed by atoms with Crippen molar-refractivity contribution in [2.45, 2.75) is 38.3 Å². The molecule has 120 valence electrons. The third-order valence-corrected chi connectivity index (χ3v) is 4.67. The van der Waals surface area contributed by atoms with Crippen LogP contribution in [0.1, 0.15) is 36.9 Å². The van der Waals surface area contributed by atoms with Crippen molar-refractivity contribution in [1.82, 2.24) is 10.2 Å². The minimum absolute atomic E-state index is 0.0351. The zero-order chi connectivity index (χ0) is 15.5. The molecular weight excluding hydrogens is 283 g/mol. The van der Waals surface area contributed by atoms with Gasteiger partial charge in [-0.3, -0.25) is 9.69 Å². The zero-order valence-electron chi connectivity index (χ0n) is 13.0. The number of rotatable bonds is 4. The summed E-state index contributed by atoms with van der Waals surface area (Å²) in [5, 5.41) is 2.96. The van der Waals surface area contributed by atoms with E-state index in [1.807, 2.05) is 6.07 Å². The highest BCUT2D eigenvalue weighted by atomic mass is 19.1. The minimum Gasteiger partial charge on any atom is -0.376 e. The van der Waals surface area contributed by atoms with Crippen LogP contribution in [0.4, 0.5) is 4.39 Å². The van der Waals surface area contributed by atoms with E-state index in [4.69, 9.17) is 4.74 Å². The maximum absolute atomic E-state index is 13.3. The Morgan fingerprint density at radius 2 is 2.36 bits per heavy atom. The molecule has 22 heavy (non-hydrogen) atoms. The molecule has 2 aliphatic heterocycles. The molecule has 2 aliphatic rings. The molecule has 1 aromatic rings. The van der Waals surface area contributed by atoms with Gasteiger partial charge < -0.3 is 10.1 Å². The van der Waals surface area contributed by atoms with Gasteiger partial charge in [0.15, 0.2) is 0 Å². The summed E-state index contributed by atoms with van der Waals surface area (Å²) in [6, 6.07) is 5.08. The van der Waals surface area contributed by atoms with E-state index in [0.29, 0.717) is 13.1 Å². The molecule has 0 aliphatic carbocycles. The average molecular weight is 306 g/mol. The standard InChI is InChI=1S/C17H23FN2O2/c1-12-16-5-4-14(18)9-13(16)6-7-20(12)11-17(21)19-10-15-3-2-8-22-15/h4-5,9,12,15H,2-3,6-8,10-11H2,1H3,(H,19,21)/t12-,15+/m0/s1. The number of carbonyl (C=O) groups is 1. The van der Waals surface area contributed by atoms with Gasteiger partial charge in [0.05, 0.1) is 12.6 Å². The van der Waals surface area contributed by atoms with Crippen LogP contribution in [-0.4, -0.2) is 43.2 Å². The fourth-order valence-corrected chi connectivity index (χ4v) is 3.34. The number of carbonyl (C=O) groups excluding carboxylic acids is 1. The van der Waals surface area contributed by atoms with Gasteiger partial charge in [-0.25, -0.2) is 4.39 Å². The first-order valence-electron chi connectivity index (χ1n) is 8.04. The molecule has 0 spiro atoms. The summed E-state index contributed by atoms with van der Waals surface area (Å²) < 4.78 is 18.8. The van der Waals surface area contributed by atoms with Crippen LogP contribution < -0.4 is 5.32 Å². The van der Waals surface area contributed by atoms with Crippen molar-refractivity contribution in [2.75, 3.05) is 26.2 Å². The van der Waals surface area contributed by atoms with E-state index in [9.17, 15) is 9.18 Å². The SMILES string of the molecule is C[C@H]1c2ccc(F)cc2CCN1CC(=O)NC[C@H]1CCCO1. The molecule has 1 N–H and O–H groups in total. The first-order valence-corrected chi connectivity index (χ1v) is 8.04. The normalized spacial score (nSPS) is 25.0. The molecule has 2 heterocycles. The molecular formula is C17H23FN2O2. The molecule has 1 saturated heterocycles. The smallest absolute Gasteiger partial charge is 0.234 e. The third-order valence-electron chi connectivity index (χ3n) is 4.67. The van der Waals surface area contributed by atoms with E-state index >= 15 is 0 Å². The Labute approximate surface area is 130 Å². The molecule has 0 aromatic heterocycles. The Morgan fingerprint density at radius 3 is 3.14 bits per heavy atom. The predicted molar refractivity (Wildman–Crippen MR) is 82.1 cm³/mol. The van der Waals surface area contributed by atoms with Gasteiger partial charge in [0.25, 0.3) is 0 Å². The number of amides is 1. The molecule has 0 saturated carbocycles. The molecule has 3 rings (SSSR count). The summed E-state index contributed by atoms with van der Waals surface area (Å²) in [5.74, 6) is -0.151. The highest BCUT2D eigenvalue weighted by Gasteiger charge is 2.26. The molecule has 1 aromatic carbocycles. The summed E-state index contributed by atoms with van der Waals surface area (Å²) in [4.78, 5) is 14.3. The predicted octanol–water partition coefficient (Wildman–Crippen LogP) is 2.04. The molecule has 1 amide bonds. The lowest BCUT2D eigenvalue weighted by molar-refractivity contribution is -0.123. The number of hydrogen-bond acceptors (Lipinski definition) is 3. The van der Waals surface area contributed by atoms with E-state index in [1.165, 1.54) is 6.07 Å². The van der Waals surface area contributed by atoms with Crippen LogP contribution in [0.25, 0.3) is 0 Å². The van der Waals surface area contributed by atoms with Gasteiger partial charge in [-0.15, -0.1) is 0 Å². The number of nitrogens with one attached hydrogen (secondary N) is 1. The van der Waals surface area contributed by atoms with E-state index in [1.54, 1.807) is 6.07 Å². The Bertz CT molecular complexity index is 543. The van der Waals surface area contributed by atoms with Crippen molar-refractivity contribution in [3.05, 3.63) is 35.1 Å². The second kappa shape index (κ2) is 6.75. The summed E-state index contributed by atoms with van der Waals surface area (Å²) in [5.41, 5.74) is 2.18. The Kier molecular flexibility index (Phi) is 4.74. The number of halogens is 1. The van der Waals surface area contributed by atoms with E-state index in [2.05, 4.69) is 17.1 Å². The van der Waals surface area contributed by atoms with Crippen LogP contribution in [0, 0.1) is 5.82 Å². The van der Waals surface area contributed by atoms with Gasteiger partial charge in [-0.1, -0.05) is 6.07 Å². The Morgan fingerprint density at radius 1 is 1.50 bits per heavy atom. The van der Waals surface area contributed by atoms with Crippen molar-refractivity contribution >= 4 is 5.91 Å². The number of benzene rings is 1. The quantitative estimate of drug-likeness (QED) is 0.925. The van der Waals surface area contributed by atoms with E-state index in [-0.39, 0.29) is 23.9 Å². The second-order valence-electron chi connectivity index (χ2n) is 6.18. The van der Waals surface area contributed by atoms with Gasteiger partial charge in [0, 0.05) is 25.7 Å². The first kappa shape index (κ1) is 15.4. The van der Waals surface area contributed by atoms with Crippen LogP contribution in [-0.2, 0) is 16.0 Å². The Hall–Kier alpha value is -1.46. The molecule has 5 heteroatoms. The second-order valence-corrected chi connectivity index (χ2v) is 6.18. The van der Waals surface area contributed by atoms with Crippen molar-refractivity contribution in [3.63, 3.8) is 0 Å². The van der Waals surface area contributed by atoms with Gasteiger partial charge in [-0.2, -0.15) is 0 Å². The third kappa shape index (κ3) is 3.47. The maximum atomic E-state index is 13.3. The molecule has 1 fully saturated rings. The van der Waals surface area contributed by atoms with Gasteiger partial charge >= 0.3 is 0 Å². The summed E-state index contributed by atoms with van der Waals surface area (Å²) in [7, 11) is 0. The summed E-state index contributed by atoms with van der Waals surface area (Å²) in [6.45, 7) is 4.64. The van der Waals surface area contributed by atoms with Crippen molar-refractivity contribution < 1.29 is 13.9 Å². The van der Waals surface area contributed by atoms with Gasteiger partial charge in [0.2, 0.25) is 5.91 Å². The Balaban J connectivity index is 1.54. The number of ether oxygens (including phenoxy) is 1. The maximum Gasteiger partial charge on any atom is 0.234 e. The zero-order valence-corrected chi connectivity index (χ0v) is 13.0. The topological polar surface area (TPSA) is 41.6 Å². The van der Waals surface area contributed by atoms with Crippen LogP contribution in [0.15, 0.2) is 18.2 Å². The van der Waals surface area contributed by atoms with E-state index < -0.39 is 0 Å². The number of hydrogen-bond donors (Lipinski definition) is 1. The van der Waals surface area contributed by atoms with Crippen LogP contribution in [0.2, 0.25) is 0 Å². The highest BCUT2D eigenvalue weighted by Crippen LogP contribution is 2.29. The lowest BCUT2D eigenvalue weighted by Gasteiger charge is -2.34. The van der Waals surface area contributed by atoms with Crippen LogP contribution >= 0.6 is 0 Å².